The summed E-state index contributed by atoms with van der Waals surface area (Å²) >= 11 is 0. The van der Waals surface area contributed by atoms with E-state index in [2.05, 4.69) is 31.3 Å². The molecule has 1 amide bonds. The maximum atomic E-state index is 12.5. The fourth-order valence-electron chi connectivity index (χ4n) is 9.81. The van der Waals surface area contributed by atoms with Crippen LogP contribution in [0.1, 0.15) is 348 Å². The summed E-state index contributed by atoms with van der Waals surface area (Å²) < 4.78 is 5.47. The highest BCUT2D eigenvalue weighted by atomic mass is 16.5. The van der Waals surface area contributed by atoms with E-state index in [4.69, 9.17) is 4.74 Å². The molecule has 0 heterocycles. The van der Waals surface area contributed by atoms with Crippen LogP contribution in [0.15, 0.2) is 12.2 Å². The second kappa shape index (κ2) is 58.2. The quantitative estimate of drug-likeness (QED) is 0.0321. The molecular formula is C62H121NO5. The molecule has 0 aromatic rings. The van der Waals surface area contributed by atoms with Gasteiger partial charge in [0, 0.05) is 12.8 Å². The normalized spacial score (nSPS) is 12.6. The van der Waals surface area contributed by atoms with Crippen LogP contribution in [0.5, 0.6) is 0 Å². The molecule has 0 spiro atoms. The molecular weight excluding hydrogens is 839 g/mol. The third-order valence-electron chi connectivity index (χ3n) is 14.6. The summed E-state index contributed by atoms with van der Waals surface area (Å²) in [5.74, 6) is -0.0696. The minimum atomic E-state index is -0.682. The zero-order chi connectivity index (χ0) is 49.3. The molecule has 0 rings (SSSR count). The first-order valence-electron chi connectivity index (χ1n) is 30.9. The van der Waals surface area contributed by atoms with Gasteiger partial charge in [-0.1, -0.05) is 296 Å². The second-order valence-electron chi connectivity index (χ2n) is 21.4. The number of esters is 1. The van der Waals surface area contributed by atoms with E-state index >= 15 is 0 Å². The number of aliphatic hydroxyl groups excluding tert-OH is 2. The molecule has 0 bridgehead atoms. The van der Waals surface area contributed by atoms with Crippen molar-refractivity contribution in [3.05, 3.63) is 12.2 Å². The van der Waals surface area contributed by atoms with E-state index in [9.17, 15) is 19.8 Å². The summed E-state index contributed by atoms with van der Waals surface area (Å²) in [5.41, 5.74) is 0. The van der Waals surface area contributed by atoms with Crippen LogP contribution >= 0.6 is 0 Å². The Bertz CT molecular complexity index is 1020. The largest absolute Gasteiger partial charge is 0.466 e. The summed E-state index contributed by atoms with van der Waals surface area (Å²) in [6, 6.07) is -0.562. The molecule has 0 radical (unpaired) electrons. The van der Waals surface area contributed by atoms with Gasteiger partial charge in [0.15, 0.2) is 0 Å². The Morgan fingerprint density at radius 1 is 0.397 bits per heavy atom. The van der Waals surface area contributed by atoms with E-state index in [0.29, 0.717) is 25.9 Å². The molecule has 0 aromatic carbocycles. The fraction of sp³-hybridized carbons (Fsp3) is 0.935. The van der Waals surface area contributed by atoms with Crippen molar-refractivity contribution in [3.8, 4) is 0 Å². The van der Waals surface area contributed by atoms with Crippen LogP contribution in [0.3, 0.4) is 0 Å². The Balaban J connectivity index is 3.47. The van der Waals surface area contributed by atoms with Crippen molar-refractivity contribution in [2.24, 2.45) is 0 Å². The minimum Gasteiger partial charge on any atom is -0.466 e. The Labute approximate surface area is 425 Å². The fourth-order valence-corrected chi connectivity index (χ4v) is 9.81. The number of ether oxygens (including phenoxy) is 1. The van der Waals surface area contributed by atoms with Crippen LogP contribution in [0.25, 0.3) is 0 Å². The van der Waals surface area contributed by atoms with Gasteiger partial charge in [-0.25, -0.2) is 0 Å². The van der Waals surface area contributed by atoms with Crippen LogP contribution in [-0.2, 0) is 14.3 Å². The van der Waals surface area contributed by atoms with Crippen LogP contribution < -0.4 is 5.32 Å². The Hall–Kier alpha value is -1.40. The second-order valence-corrected chi connectivity index (χ2v) is 21.4. The van der Waals surface area contributed by atoms with E-state index in [-0.39, 0.29) is 18.5 Å². The molecule has 0 fully saturated rings. The molecule has 0 saturated heterocycles. The maximum Gasteiger partial charge on any atom is 0.305 e. The number of rotatable bonds is 58. The third-order valence-corrected chi connectivity index (χ3v) is 14.6. The molecule has 3 N–H and O–H groups in total. The lowest BCUT2D eigenvalue weighted by molar-refractivity contribution is -0.143. The van der Waals surface area contributed by atoms with Crippen LogP contribution in [0, 0.1) is 0 Å². The van der Waals surface area contributed by atoms with E-state index in [0.717, 1.165) is 70.6 Å². The average molecular weight is 961 g/mol. The molecule has 0 aromatic heterocycles. The number of allylic oxidation sites excluding steroid dienone is 2. The number of amides is 1. The van der Waals surface area contributed by atoms with E-state index in [1.54, 1.807) is 0 Å². The predicted molar refractivity (Wildman–Crippen MR) is 297 cm³/mol. The number of carbonyl (C=O) groups is 2. The van der Waals surface area contributed by atoms with Gasteiger partial charge in [-0.3, -0.25) is 9.59 Å². The van der Waals surface area contributed by atoms with Crippen molar-refractivity contribution in [2.75, 3.05) is 13.2 Å². The summed E-state index contributed by atoms with van der Waals surface area (Å²) in [6.45, 7) is 4.94. The molecule has 6 heteroatoms. The average Bonchev–Trinajstić information content (AvgIpc) is 3.34. The Morgan fingerprint density at radius 2 is 0.691 bits per heavy atom. The predicted octanol–water partition coefficient (Wildman–Crippen LogP) is 19.2. The highest BCUT2D eigenvalue weighted by Gasteiger charge is 2.20. The zero-order valence-electron chi connectivity index (χ0n) is 46.1. The standard InChI is InChI=1S/C62H121NO5/c1-3-5-7-9-11-13-15-17-19-20-21-22-23-24-25-26-27-28-30-34-38-42-46-50-54-60(65)59(58-64)63-61(66)55-51-47-43-39-35-31-29-33-37-41-45-49-53-57-68-62(67)56-52-48-44-40-36-32-18-16-14-12-10-8-6-4-2/h31,35,59-60,64-65H,3-30,32-34,36-58H2,1-2H3,(H,63,66)/b35-31-. The van der Waals surface area contributed by atoms with Gasteiger partial charge in [-0.15, -0.1) is 0 Å². The lowest BCUT2D eigenvalue weighted by Gasteiger charge is -2.22. The molecule has 2 atom stereocenters. The Morgan fingerprint density at radius 3 is 1.06 bits per heavy atom. The van der Waals surface area contributed by atoms with E-state index in [1.165, 1.54) is 244 Å². The first-order chi connectivity index (χ1) is 33.5. The molecule has 0 saturated carbocycles. The van der Waals surface area contributed by atoms with E-state index in [1.807, 2.05) is 0 Å². The summed E-state index contributed by atoms with van der Waals surface area (Å²) in [7, 11) is 0. The van der Waals surface area contributed by atoms with Crippen molar-refractivity contribution in [1.82, 2.24) is 5.32 Å². The molecule has 404 valence electrons. The third kappa shape index (κ3) is 53.9. The number of nitrogens with one attached hydrogen (secondary N) is 1. The summed E-state index contributed by atoms with van der Waals surface area (Å²) in [6.07, 6.45) is 69.3. The van der Waals surface area contributed by atoms with Crippen molar-refractivity contribution in [3.63, 3.8) is 0 Å². The van der Waals surface area contributed by atoms with Crippen LogP contribution in [0.2, 0.25) is 0 Å². The lowest BCUT2D eigenvalue weighted by atomic mass is 10.0. The Kier molecular flexibility index (Phi) is 57.0. The molecule has 68 heavy (non-hydrogen) atoms. The van der Waals surface area contributed by atoms with Crippen LogP contribution in [-0.4, -0.2) is 47.4 Å². The van der Waals surface area contributed by atoms with Crippen molar-refractivity contribution < 1.29 is 24.5 Å². The topological polar surface area (TPSA) is 95.9 Å². The summed E-state index contributed by atoms with van der Waals surface area (Å²) in [5, 5.41) is 23.4. The molecule has 0 aliphatic carbocycles. The highest BCUT2D eigenvalue weighted by molar-refractivity contribution is 5.76. The number of aliphatic hydroxyl groups is 2. The number of carbonyl (C=O) groups excluding carboxylic acids is 2. The number of hydrogen-bond donors (Lipinski definition) is 3. The van der Waals surface area contributed by atoms with Crippen molar-refractivity contribution in [2.45, 2.75) is 360 Å². The first kappa shape index (κ1) is 66.6. The molecule has 0 aliphatic heterocycles. The van der Waals surface area contributed by atoms with Gasteiger partial charge in [0.1, 0.15) is 0 Å². The number of unbranched alkanes of at least 4 members (excludes halogenated alkanes) is 45. The molecule has 0 aliphatic rings. The van der Waals surface area contributed by atoms with Gasteiger partial charge in [0.05, 0.1) is 25.4 Å². The molecule has 2 unspecified atom stereocenters. The van der Waals surface area contributed by atoms with E-state index < -0.39 is 12.1 Å². The van der Waals surface area contributed by atoms with Gasteiger partial charge in [0.2, 0.25) is 5.91 Å². The van der Waals surface area contributed by atoms with Crippen molar-refractivity contribution in [1.29, 1.82) is 0 Å². The maximum absolute atomic E-state index is 12.5. The van der Waals surface area contributed by atoms with Gasteiger partial charge >= 0.3 is 5.97 Å². The monoisotopic (exact) mass is 960 g/mol. The zero-order valence-corrected chi connectivity index (χ0v) is 46.1. The van der Waals surface area contributed by atoms with Gasteiger partial charge in [0.25, 0.3) is 0 Å². The smallest absolute Gasteiger partial charge is 0.305 e. The van der Waals surface area contributed by atoms with Gasteiger partial charge < -0.3 is 20.3 Å². The first-order valence-corrected chi connectivity index (χ1v) is 30.9. The van der Waals surface area contributed by atoms with Crippen LogP contribution in [0.4, 0.5) is 0 Å². The van der Waals surface area contributed by atoms with Gasteiger partial charge in [-0.05, 0) is 51.4 Å². The summed E-state index contributed by atoms with van der Waals surface area (Å²) in [4.78, 5) is 24.6. The van der Waals surface area contributed by atoms with Gasteiger partial charge in [-0.2, -0.15) is 0 Å². The SMILES string of the molecule is CCCCCCCCCCCCCCCCCCCCCCCCCCC(O)C(CO)NC(=O)CCCCC/C=C\CCCCCCCCOC(=O)CCCCCCCCCCCCCCCC. The molecule has 6 nitrogen and oxygen atoms in total. The number of hydrogen-bond acceptors (Lipinski definition) is 5. The van der Waals surface area contributed by atoms with Crippen molar-refractivity contribution >= 4 is 11.9 Å². The highest BCUT2D eigenvalue weighted by Crippen LogP contribution is 2.18. The minimum absolute atomic E-state index is 0.00907. The lowest BCUT2D eigenvalue weighted by Crippen LogP contribution is -2.45.